The van der Waals surface area contributed by atoms with Gasteiger partial charge in [-0.3, -0.25) is 0 Å². The number of hydrogen-bond acceptors (Lipinski definition) is 8. The Balaban J connectivity index is 1.76. The molecule has 0 heterocycles. The summed E-state index contributed by atoms with van der Waals surface area (Å²) in [7, 11) is 0. The number of phenols is 2. The van der Waals surface area contributed by atoms with E-state index in [1.165, 1.54) is 12.4 Å². The fraction of sp³-hybridized carbons (Fsp3) is 0.417. The number of aromatic hydroxyl groups is 2. The number of phenolic OH excluding ortho intramolecular Hbond substituents is 2. The minimum absolute atomic E-state index is 0.148. The van der Waals surface area contributed by atoms with Crippen molar-refractivity contribution in [1.29, 1.82) is 0 Å². The molecule has 2 aromatic rings. The minimum atomic E-state index is 0.148. The van der Waals surface area contributed by atoms with Crippen LogP contribution in [0.25, 0.3) is 0 Å². The van der Waals surface area contributed by atoms with Crippen LogP contribution in [0.1, 0.15) is 38.8 Å². The van der Waals surface area contributed by atoms with E-state index in [1.807, 2.05) is 12.1 Å². The molecule has 2 rings (SSSR count). The van der Waals surface area contributed by atoms with E-state index < -0.39 is 0 Å². The second-order valence-electron chi connectivity index (χ2n) is 6.97. The number of oxime groups is 2. The predicted molar refractivity (Wildman–Crippen MR) is 130 cm³/mol. The predicted octanol–water partition coefficient (Wildman–Crippen LogP) is 4.19. The van der Waals surface area contributed by atoms with E-state index >= 15 is 0 Å². The molecule has 32 heavy (non-hydrogen) atoms. The Morgan fingerprint density at radius 2 is 1.06 bits per heavy atom. The van der Waals surface area contributed by atoms with Crippen molar-refractivity contribution in [3.63, 3.8) is 0 Å². The largest absolute Gasteiger partial charge is 0.507 e. The van der Waals surface area contributed by atoms with Gasteiger partial charge in [0, 0.05) is 60.8 Å². The van der Waals surface area contributed by atoms with Crippen molar-refractivity contribution in [2.24, 2.45) is 10.3 Å². The molecule has 0 aromatic heterocycles. The number of hydrogen-bond donors (Lipinski definition) is 2. The Bertz CT molecular complexity index is 820. The number of nitrogens with zero attached hydrogens (tertiary/aromatic N) is 4. The van der Waals surface area contributed by atoms with Crippen LogP contribution in [0.3, 0.4) is 0 Å². The number of benzene rings is 2. The molecule has 2 N–H and O–H groups in total. The average molecular weight is 443 g/mol. The Kier molecular flexibility index (Phi) is 10.2. The number of rotatable bonds is 13. The molecule has 8 nitrogen and oxygen atoms in total. The summed E-state index contributed by atoms with van der Waals surface area (Å²) in [5.41, 5.74) is 3.07. The highest BCUT2D eigenvalue weighted by Crippen LogP contribution is 2.24. The highest BCUT2D eigenvalue weighted by molar-refractivity contribution is 5.84. The summed E-state index contributed by atoms with van der Waals surface area (Å²) < 4.78 is 0. The van der Waals surface area contributed by atoms with Gasteiger partial charge in [-0.1, -0.05) is 10.3 Å². The smallest absolute Gasteiger partial charge is 0.153 e. The first-order valence-corrected chi connectivity index (χ1v) is 11.0. The third-order valence-corrected chi connectivity index (χ3v) is 5.08. The average Bonchev–Trinajstić information content (AvgIpc) is 2.79. The summed E-state index contributed by atoms with van der Waals surface area (Å²) in [5, 5.41) is 28.0. The van der Waals surface area contributed by atoms with Crippen LogP contribution in [0, 0.1) is 0 Å². The van der Waals surface area contributed by atoms with Crippen LogP contribution < -0.4 is 9.80 Å². The van der Waals surface area contributed by atoms with E-state index in [0.717, 1.165) is 37.6 Å². The summed E-state index contributed by atoms with van der Waals surface area (Å²) in [6.07, 6.45) is 2.92. The maximum atomic E-state index is 10.2. The molecule has 0 bridgehead atoms. The lowest BCUT2D eigenvalue weighted by Gasteiger charge is -2.21. The highest BCUT2D eigenvalue weighted by Gasteiger charge is 2.06. The summed E-state index contributed by atoms with van der Waals surface area (Å²) in [4.78, 5) is 14.6. The fourth-order valence-corrected chi connectivity index (χ4v) is 3.22. The molecule has 0 atom stereocenters. The van der Waals surface area contributed by atoms with Gasteiger partial charge in [-0.05, 0) is 52.0 Å². The van der Waals surface area contributed by atoms with Crippen molar-refractivity contribution >= 4 is 23.8 Å². The molecule has 8 heteroatoms. The fourth-order valence-electron chi connectivity index (χ4n) is 3.22. The first-order chi connectivity index (χ1) is 15.5. The highest BCUT2D eigenvalue weighted by atomic mass is 16.7. The van der Waals surface area contributed by atoms with Gasteiger partial charge in [0.15, 0.2) is 13.2 Å². The van der Waals surface area contributed by atoms with Gasteiger partial charge >= 0.3 is 0 Å². The van der Waals surface area contributed by atoms with E-state index in [9.17, 15) is 10.2 Å². The maximum absolute atomic E-state index is 10.2. The first-order valence-electron chi connectivity index (χ1n) is 11.0. The van der Waals surface area contributed by atoms with Gasteiger partial charge in [-0.15, -0.1) is 0 Å². The SMILES string of the molecule is CCN(CC)c1ccc(C=NOCCON=Cc2ccc(N(CC)CC)cc2O)c(O)c1. The molecule has 0 aliphatic heterocycles. The van der Waals surface area contributed by atoms with E-state index in [2.05, 4.69) is 47.8 Å². The zero-order chi connectivity index (χ0) is 23.3. The molecule has 0 aliphatic carbocycles. The minimum Gasteiger partial charge on any atom is -0.507 e. The van der Waals surface area contributed by atoms with Crippen LogP contribution in [0.4, 0.5) is 11.4 Å². The monoisotopic (exact) mass is 442 g/mol. The molecule has 0 saturated heterocycles. The van der Waals surface area contributed by atoms with Gasteiger partial charge in [-0.2, -0.15) is 0 Å². The molecule has 0 amide bonds. The molecule has 0 aliphatic rings. The zero-order valence-electron chi connectivity index (χ0n) is 19.4. The van der Waals surface area contributed by atoms with Gasteiger partial charge in [0.05, 0.1) is 12.4 Å². The third-order valence-electron chi connectivity index (χ3n) is 5.08. The molecular weight excluding hydrogens is 408 g/mol. The first kappa shape index (κ1) is 24.8. The summed E-state index contributed by atoms with van der Waals surface area (Å²) >= 11 is 0. The van der Waals surface area contributed by atoms with Crippen LogP contribution >= 0.6 is 0 Å². The van der Waals surface area contributed by atoms with Crippen LogP contribution in [-0.4, -0.2) is 62.0 Å². The Hall–Kier alpha value is -3.42. The standard InChI is InChI=1S/C24H34N4O4/c1-5-27(6-2)21-11-9-19(23(29)15-21)17-25-31-13-14-32-26-18-20-10-12-22(16-24(20)30)28(7-3)8-4/h9-12,15-18,29-30H,5-8,13-14H2,1-4H3. The van der Waals surface area contributed by atoms with Crippen LogP contribution in [0.15, 0.2) is 46.7 Å². The van der Waals surface area contributed by atoms with Crippen molar-refractivity contribution < 1.29 is 19.9 Å². The van der Waals surface area contributed by atoms with Gasteiger partial charge in [0.1, 0.15) is 11.5 Å². The second kappa shape index (κ2) is 13.1. The molecule has 0 fully saturated rings. The van der Waals surface area contributed by atoms with E-state index in [-0.39, 0.29) is 24.7 Å². The summed E-state index contributed by atoms with van der Waals surface area (Å²) in [5.74, 6) is 0.295. The van der Waals surface area contributed by atoms with Crippen molar-refractivity contribution in [3.05, 3.63) is 47.5 Å². The molecule has 0 spiro atoms. The van der Waals surface area contributed by atoms with Crippen LogP contribution in [0.5, 0.6) is 11.5 Å². The van der Waals surface area contributed by atoms with Gasteiger partial charge in [-0.25, -0.2) is 0 Å². The lowest BCUT2D eigenvalue weighted by atomic mass is 10.2. The van der Waals surface area contributed by atoms with E-state index in [1.54, 1.807) is 24.3 Å². The molecule has 2 aromatic carbocycles. The maximum Gasteiger partial charge on any atom is 0.153 e. The normalized spacial score (nSPS) is 11.2. The lowest BCUT2D eigenvalue weighted by molar-refractivity contribution is 0.0553. The number of anilines is 2. The molecule has 0 radical (unpaired) electrons. The molecular formula is C24H34N4O4. The zero-order valence-corrected chi connectivity index (χ0v) is 19.4. The van der Waals surface area contributed by atoms with Gasteiger partial charge in [0.2, 0.25) is 0 Å². The van der Waals surface area contributed by atoms with E-state index in [0.29, 0.717) is 11.1 Å². The van der Waals surface area contributed by atoms with Crippen LogP contribution in [-0.2, 0) is 9.68 Å². The van der Waals surface area contributed by atoms with Gasteiger partial charge in [0.25, 0.3) is 0 Å². The van der Waals surface area contributed by atoms with Crippen molar-refractivity contribution in [2.45, 2.75) is 27.7 Å². The Labute approximate surface area is 190 Å². The lowest BCUT2D eigenvalue weighted by Crippen LogP contribution is -2.21. The quantitative estimate of drug-likeness (QED) is 0.275. The Morgan fingerprint density at radius 3 is 1.38 bits per heavy atom. The van der Waals surface area contributed by atoms with Crippen molar-refractivity contribution in [1.82, 2.24) is 0 Å². The Morgan fingerprint density at radius 1 is 0.688 bits per heavy atom. The van der Waals surface area contributed by atoms with Crippen LogP contribution in [0.2, 0.25) is 0 Å². The summed E-state index contributed by atoms with van der Waals surface area (Å²) in [6.45, 7) is 12.2. The van der Waals surface area contributed by atoms with E-state index in [4.69, 9.17) is 9.68 Å². The van der Waals surface area contributed by atoms with Gasteiger partial charge < -0.3 is 29.7 Å². The summed E-state index contributed by atoms with van der Waals surface area (Å²) in [6, 6.07) is 10.9. The molecule has 0 saturated carbocycles. The van der Waals surface area contributed by atoms with Crippen molar-refractivity contribution in [2.75, 3.05) is 49.2 Å². The second-order valence-corrected chi connectivity index (χ2v) is 6.97. The topological polar surface area (TPSA) is 90.1 Å². The molecule has 174 valence electrons. The third kappa shape index (κ3) is 7.08. The molecule has 0 unspecified atom stereocenters. The van der Waals surface area contributed by atoms with Crippen molar-refractivity contribution in [3.8, 4) is 11.5 Å².